The Bertz CT molecular complexity index is 658. The van der Waals surface area contributed by atoms with Gasteiger partial charge in [0, 0.05) is 18.5 Å². The summed E-state index contributed by atoms with van der Waals surface area (Å²) in [5, 5.41) is 13.2. The SMILES string of the molecule is O=[N+]([O-])c1c(N2CCCC3(CC3)C2)nc2sccn12. The molecule has 0 radical (unpaired) electrons. The highest BCUT2D eigenvalue weighted by Crippen LogP contribution is 2.53. The second-order valence-corrected chi connectivity index (χ2v) is 6.47. The van der Waals surface area contributed by atoms with Gasteiger partial charge in [0.15, 0.2) is 0 Å². The predicted octanol–water partition coefficient (Wildman–Crippen LogP) is 2.68. The topological polar surface area (TPSA) is 63.7 Å². The molecule has 1 saturated carbocycles. The molecule has 1 saturated heterocycles. The van der Waals surface area contributed by atoms with Crippen LogP contribution in [-0.4, -0.2) is 27.4 Å². The molecule has 2 aromatic heterocycles. The molecule has 2 aliphatic rings. The fourth-order valence-corrected chi connectivity index (χ4v) is 3.82. The van der Waals surface area contributed by atoms with Gasteiger partial charge in [-0.15, -0.1) is 0 Å². The molecule has 100 valence electrons. The second-order valence-electron chi connectivity index (χ2n) is 5.60. The van der Waals surface area contributed by atoms with E-state index in [1.165, 1.54) is 30.6 Å². The average Bonchev–Trinajstić information content (AvgIpc) is 2.85. The van der Waals surface area contributed by atoms with Crippen molar-refractivity contribution < 1.29 is 4.92 Å². The summed E-state index contributed by atoms with van der Waals surface area (Å²) in [5.41, 5.74) is 0.434. The van der Waals surface area contributed by atoms with Crippen LogP contribution in [0, 0.1) is 15.5 Å². The lowest BCUT2D eigenvalue weighted by atomic mass is 9.95. The number of hydrogen-bond acceptors (Lipinski definition) is 5. The summed E-state index contributed by atoms with van der Waals surface area (Å²) in [6.45, 7) is 1.81. The molecule has 0 N–H and O–H groups in total. The van der Waals surface area contributed by atoms with Gasteiger partial charge >= 0.3 is 5.82 Å². The fraction of sp³-hybridized carbons (Fsp3) is 0.583. The first-order chi connectivity index (χ1) is 9.19. The Balaban J connectivity index is 1.79. The molecular formula is C12H14N4O2S. The Labute approximate surface area is 113 Å². The average molecular weight is 278 g/mol. The van der Waals surface area contributed by atoms with Crippen LogP contribution in [0.3, 0.4) is 0 Å². The second kappa shape index (κ2) is 3.69. The van der Waals surface area contributed by atoms with Gasteiger partial charge < -0.3 is 15.0 Å². The number of piperidine rings is 1. The molecule has 1 spiro atoms. The van der Waals surface area contributed by atoms with Crippen molar-refractivity contribution in [2.75, 3.05) is 18.0 Å². The maximum atomic E-state index is 11.3. The van der Waals surface area contributed by atoms with Crippen molar-refractivity contribution in [3.8, 4) is 0 Å². The molecule has 3 heterocycles. The molecule has 0 unspecified atom stereocenters. The molecular weight excluding hydrogens is 264 g/mol. The van der Waals surface area contributed by atoms with E-state index in [1.54, 1.807) is 10.6 Å². The zero-order chi connectivity index (χ0) is 13.0. The first-order valence-corrected chi connectivity index (χ1v) is 7.41. The van der Waals surface area contributed by atoms with Gasteiger partial charge in [-0.2, -0.15) is 9.38 Å². The van der Waals surface area contributed by atoms with Gasteiger partial charge in [0.2, 0.25) is 5.82 Å². The molecule has 1 aliphatic carbocycles. The Morgan fingerprint density at radius 1 is 1.42 bits per heavy atom. The van der Waals surface area contributed by atoms with Gasteiger partial charge in [-0.1, -0.05) is 11.3 Å². The maximum absolute atomic E-state index is 11.3. The molecule has 2 fully saturated rings. The first-order valence-electron chi connectivity index (χ1n) is 6.53. The zero-order valence-electron chi connectivity index (χ0n) is 10.4. The van der Waals surface area contributed by atoms with Crippen LogP contribution in [0.4, 0.5) is 11.6 Å². The van der Waals surface area contributed by atoms with Gasteiger partial charge in [-0.25, -0.2) is 0 Å². The number of thiazole rings is 1. The third-order valence-electron chi connectivity index (χ3n) is 4.31. The first kappa shape index (κ1) is 11.2. The van der Waals surface area contributed by atoms with Crippen LogP contribution < -0.4 is 4.90 Å². The van der Waals surface area contributed by atoms with Crippen LogP contribution in [0.1, 0.15) is 25.7 Å². The number of anilines is 1. The van der Waals surface area contributed by atoms with Gasteiger partial charge in [0.25, 0.3) is 4.96 Å². The van der Waals surface area contributed by atoms with Crippen LogP contribution >= 0.6 is 11.3 Å². The summed E-state index contributed by atoms with van der Waals surface area (Å²) < 4.78 is 1.59. The molecule has 19 heavy (non-hydrogen) atoms. The van der Waals surface area contributed by atoms with Crippen molar-refractivity contribution in [2.24, 2.45) is 5.41 Å². The van der Waals surface area contributed by atoms with Crippen molar-refractivity contribution in [1.29, 1.82) is 0 Å². The highest BCUT2D eigenvalue weighted by Gasteiger charge is 2.47. The predicted molar refractivity (Wildman–Crippen MR) is 72.8 cm³/mol. The highest BCUT2D eigenvalue weighted by molar-refractivity contribution is 7.15. The largest absolute Gasteiger partial charge is 0.373 e. The van der Waals surface area contributed by atoms with E-state index >= 15 is 0 Å². The minimum atomic E-state index is -0.309. The Morgan fingerprint density at radius 3 is 3.00 bits per heavy atom. The van der Waals surface area contributed by atoms with E-state index in [4.69, 9.17) is 0 Å². The van der Waals surface area contributed by atoms with Crippen LogP contribution in [0.5, 0.6) is 0 Å². The number of nitrogens with zero attached hydrogens (tertiary/aromatic N) is 4. The highest BCUT2D eigenvalue weighted by atomic mass is 32.1. The molecule has 0 amide bonds. The Kier molecular flexibility index (Phi) is 2.18. The van der Waals surface area contributed by atoms with Crippen LogP contribution in [-0.2, 0) is 0 Å². The number of imidazole rings is 1. The van der Waals surface area contributed by atoms with Crippen molar-refractivity contribution in [3.63, 3.8) is 0 Å². The van der Waals surface area contributed by atoms with Crippen LogP contribution in [0.15, 0.2) is 11.6 Å². The lowest BCUT2D eigenvalue weighted by molar-refractivity contribution is -0.389. The Hall–Kier alpha value is -1.63. The van der Waals surface area contributed by atoms with Crippen molar-refractivity contribution >= 4 is 27.9 Å². The minimum Gasteiger partial charge on any atom is -0.358 e. The maximum Gasteiger partial charge on any atom is 0.373 e. The normalized spacial score (nSPS) is 21.2. The lowest BCUT2D eigenvalue weighted by Gasteiger charge is -2.32. The third kappa shape index (κ3) is 1.64. The van der Waals surface area contributed by atoms with E-state index in [0.29, 0.717) is 16.2 Å². The van der Waals surface area contributed by atoms with Crippen molar-refractivity contribution in [2.45, 2.75) is 25.7 Å². The summed E-state index contributed by atoms with van der Waals surface area (Å²) in [4.78, 5) is 18.3. The number of rotatable bonds is 2. The molecule has 6 nitrogen and oxygen atoms in total. The van der Waals surface area contributed by atoms with E-state index in [9.17, 15) is 10.1 Å². The van der Waals surface area contributed by atoms with Crippen molar-refractivity contribution in [3.05, 3.63) is 21.7 Å². The number of hydrogen-bond donors (Lipinski definition) is 0. The van der Waals surface area contributed by atoms with Gasteiger partial charge in [-0.3, -0.25) is 0 Å². The van der Waals surface area contributed by atoms with Crippen LogP contribution in [0.25, 0.3) is 4.96 Å². The summed E-state index contributed by atoms with van der Waals surface area (Å²) >= 11 is 1.44. The Morgan fingerprint density at radius 2 is 2.26 bits per heavy atom. The smallest absolute Gasteiger partial charge is 0.358 e. The number of nitro groups is 1. The van der Waals surface area contributed by atoms with Gasteiger partial charge in [0.1, 0.15) is 6.20 Å². The molecule has 7 heteroatoms. The van der Waals surface area contributed by atoms with E-state index in [1.807, 2.05) is 5.38 Å². The molecule has 0 aromatic carbocycles. The monoisotopic (exact) mass is 278 g/mol. The number of aromatic nitrogens is 2. The lowest BCUT2D eigenvalue weighted by Crippen LogP contribution is -2.37. The molecule has 2 aromatic rings. The fourth-order valence-electron chi connectivity index (χ4n) is 3.12. The molecule has 4 rings (SSSR count). The summed E-state index contributed by atoms with van der Waals surface area (Å²) in [5.74, 6) is 0.678. The zero-order valence-corrected chi connectivity index (χ0v) is 11.2. The minimum absolute atomic E-state index is 0.119. The summed E-state index contributed by atoms with van der Waals surface area (Å²) in [7, 11) is 0. The van der Waals surface area contributed by atoms with Crippen molar-refractivity contribution in [1.82, 2.24) is 9.38 Å². The number of fused-ring (bicyclic) bond motifs is 1. The van der Waals surface area contributed by atoms with Gasteiger partial charge in [0.05, 0.1) is 0 Å². The summed E-state index contributed by atoms with van der Waals surface area (Å²) in [6, 6.07) is 0. The molecule has 0 atom stereocenters. The van der Waals surface area contributed by atoms with E-state index in [0.717, 1.165) is 19.5 Å². The molecule has 0 bridgehead atoms. The summed E-state index contributed by atoms with van der Waals surface area (Å²) in [6.07, 6.45) is 6.63. The quantitative estimate of drug-likeness (QED) is 0.626. The standard InChI is InChI=1S/C12H14N4O2S/c17-16(18)10-9(13-11-15(10)6-7-19-11)14-5-1-2-12(8-14)3-4-12/h6-7H,1-5,8H2. The van der Waals surface area contributed by atoms with Crippen LogP contribution in [0.2, 0.25) is 0 Å². The van der Waals surface area contributed by atoms with E-state index in [2.05, 4.69) is 9.88 Å². The molecule has 1 aliphatic heterocycles. The van der Waals surface area contributed by atoms with E-state index in [-0.39, 0.29) is 10.7 Å². The van der Waals surface area contributed by atoms with E-state index < -0.39 is 0 Å². The third-order valence-corrected chi connectivity index (χ3v) is 5.07. The van der Waals surface area contributed by atoms with Gasteiger partial charge in [-0.05, 0) is 36.0 Å².